The van der Waals surface area contributed by atoms with E-state index >= 15 is 0 Å². The van der Waals surface area contributed by atoms with Gasteiger partial charge in [0.1, 0.15) is 11.3 Å². The van der Waals surface area contributed by atoms with Crippen molar-refractivity contribution in [2.24, 2.45) is 0 Å². The number of carbonyl (C=O) groups excluding carboxylic acids is 2. The minimum absolute atomic E-state index is 0.234. The van der Waals surface area contributed by atoms with Crippen molar-refractivity contribution < 1.29 is 19.1 Å². The van der Waals surface area contributed by atoms with E-state index in [1.165, 1.54) is 14.0 Å². The Kier molecular flexibility index (Phi) is 5.07. The van der Waals surface area contributed by atoms with Gasteiger partial charge in [-0.25, -0.2) is 14.3 Å². The largest absolute Gasteiger partial charge is 0.466 e. The third-order valence-corrected chi connectivity index (χ3v) is 3.71. The topological polar surface area (TPSA) is 83.3 Å². The summed E-state index contributed by atoms with van der Waals surface area (Å²) in [7, 11) is 1.24. The van der Waals surface area contributed by atoms with Crippen LogP contribution in [0.1, 0.15) is 17.3 Å². The lowest BCUT2D eigenvalue weighted by Gasteiger charge is -2.10. The van der Waals surface area contributed by atoms with E-state index in [1.807, 2.05) is 30.3 Å². The Bertz CT molecular complexity index is 907. The standard InChI is InChI=1S/C19H17N3O4/c1-13(18(23)25-2)26-19(24)16-12-22(15-8-4-3-5-9-15)21-17(16)14-7-6-10-20-11-14/h3-13H,1-2H3. The zero-order valence-electron chi connectivity index (χ0n) is 14.3. The third-order valence-electron chi connectivity index (χ3n) is 3.71. The smallest absolute Gasteiger partial charge is 0.346 e. The molecule has 1 atom stereocenters. The van der Waals surface area contributed by atoms with E-state index in [4.69, 9.17) is 4.74 Å². The van der Waals surface area contributed by atoms with Crippen LogP contribution in [0.25, 0.3) is 16.9 Å². The first kappa shape index (κ1) is 17.3. The molecule has 2 aromatic heterocycles. The maximum Gasteiger partial charge on any atom is 0.346 e. The van der Waals surface area contributed by atoms with Crippen molar-refractivity contribution in [3.05, 3.63) is 66.6 Å². The summed E-state index contributed by atoms with van der Waals surface area (Å²) in [5.41, 5.74) is 2.11. The summed E-state index contributed by atoms with van der Waals surface area (Å²) in [6.07, 6.45) is 3.80. The molecule has 0 fully saturated rings. The molecule has 3 rings (SSSR count). The average Bonchev–Trinajstić information content (AvgIpc) is 3.14. The average molecular weight is 351 g/mol. The number of carbonyl (C=O) groups is 2. The van der Waals surface area contributed by atoms with E-state index in [0.29, 0.717) is 11.3 Å². The minimum Gasteiger partial charge on any atom is -0.466 e. The minimum atomic E-state index is -1.02. The van der Waals surface area contributed by atoms with Gasteiger partial charge in [0.25, 0.3) is 0 Å². The predicted octanol–water partition coefficient (Wildman–Crippen LogP) is 2.65. The van der Waals surface area contributed by atoms with E-state index in [9.17, 15) is 9.59 Å². The summed E-state index contributed by atoms with van der Waals surface area (Å²) >= 11 is 0. The predicted molar refractivity (Wildman–Crippen MR) is 93.7 cm³/mol. The summed E-state index contributed by atoms with van der Waals surface area (Å²) < 4.78 is 11.4. The third kappa shape index (κ3) is 3.61. The van der Waals surface area contributed by atoms with Gasteiger partial charge in [-0.3, -0.25) is 4.98 Å². The molecule has 3 aromatic rings. The Balaban J connectivity index is 2.01. The van der Waals surface area contributed by atoms with Crippen molar-refractivity contribution in [1.82, 2.24) is 14.8 Å². The highest BCUT2D eigenvalue weighted by Crippen LogP contribution is 2.24. The van der Waals surface area contributed by atoms with Crippen molar-refractivity contribution in [3.8, 4) is 16.9 Å². The molecule has 0 N–H and O–H groups in total. The van der Waals surface area contributed by atoms with E-state index < -0.39 is 18.0 Å². The Morgan fingerprint density at radius 2 is 1.88 bits per heavy atom. The number of nitrogens with zero attached hydrogens (tertiary/aromatic N) is 3. The first-order valence-electron chi connectivity index (χ1n) is 7.94. The first-order chi connectivity index (χ1) is 12.6. The van der Waals surface area contributed by atoms with Crippen LogP contribution in [0.15, 0.2) is 61.1 Å². The molecule has 0 aliphatic carbocycles. The number of benzene rings is 1. The fourth-order valence-electron chi connectivity index (χ4n) is 2.39. The van der Waals surface area contributed by atoms with E-state index in [-0.39, 0.29) is 5.56 Å². The molecule has 7 heteroatoms. The monoisotopic (exact) mass is 351 g/mol. The fraction of sp³-hybridized carbons (Fsp3) is 0.158. The van der Waals surface area contributed by atoms with Crippen LogP contribution in [0.4, 0.5) is 0 Å². The summed E-state index contributed by atoms with van der Waals surface area (Å²) in [6, 6.07) is 12.9. The zero-order valence-corrected chi connectivity index (χ0v) is 14.3. The van der Waals surface area contributed by atoms with Crippen LogP contribution in [-0.2, 0) is 14.3 Å². The van der Waals surface area contributed by atoms with Crippen molar-refractivity contribution in [2.45, 2.75) is 13.0 Å². The molecule has 0 aliphatic heterocycles. The van der Waals surface area contributed by atoms with Crippen LogP contribution < -0.4 is 0 Å². The molecule has 0 aliphatic rings. The van der Waals surface area contributed by atoms with Gasteiger partial charge in [0.05, 0.1) is 12.8 Å². The molecule has 0 spiro atoms. The number of methoxy groups -OCH3 is 1. The molecule has 1 aromatic carbocycles. The lowest BCUT2D eigenvalue weighted by Crippen LogP contribution is -2.25. The van der Waals surface area contributed by atoms with Gasteiger partial charge in [-0.1, -0.05) is 18.2 Å². The van der Waals surface area contributed by atoms with Crippen molar-refractivity contribution >= 4 is 11.9 Å². The highest BCUT2D eigenvalue weighted by Gasteiger charge is 2.24. The SMILES string of the molecule is COC(=O)C(C)OC(=O)c1cn(-c2ccccc2)nc1-c1cccnc1. The summed E-state index contributed by atoms with van der Waals surface area (Å²) in [4.78, 5) is 28.2. The first-order valence-corrected chi connectivity index (χ1v) is 7.94. The van der Waals surface area contributed by atoms with Crippen LogP contribution in [0.2, 0.25) is 0 Å². The Labute approximate surface area is 150 Å². The molecule has 1 unspecified atom stereocenters. The molecule has 7 nitrogen and oxygen atoms in total. The van der Waals surface area contributed by atoms with Gasteiger partial charge < -0.3 is 9.47 Å². The van der Waals surface area contributed by atoms with Crippen molar-refractivity contribution in [2.75, 3.05) is 7.11 Å². The maximum atomic E-state index is 12.6. The summed E-state index contributed by atoms with van der Waals surface area (Å²) in [5, 5.41) is 4.50. The Morgan fingerprint density at radius 1 is 1.12 bits per heavy atom. The molecule has 26 heavy (non-hydrogen) atoms. The Hall–Kier alpha value is -3.48. The number of ether oxygens (including phenoxy) is 2. The van der Waals surface area contributed by atoms with Crippen LogP contribution in [0.3, 0.4) is 0 Å². The number of para-hydroxylation sites is 1. The van der Waals surface area contributed by atoms with Gasteiger partial charge >= 0.3 is 11.9 Å². The Morgan fingerprint density at radius 3 is 2.54 bits per heavy atom. The molecule has 2 heterocycles. The highest BCUT2D eigenvalue weighted by atomic mass is 16.6. The molecular weight excluding hydrogens is 334 g/mol. The van der Waals surface area contributed by atoms with E-state index in [0.717, 1.165) is 5.69 Å². The molecule has 0 amide bonds. The lowest BCUT2D eigenvalue weighted by atomic mass is 10.1. The van der Waals surface area contributed by atoms with Crippen LogP contribution in [0, 0.1) is 0 Å². The number of pyridine rings is 1. The van der Waals surface area contributed by atoms with Gasteiger partial charge in [-0.2, -0.15) is 5.10 Å². The second-order valence-electron chi connectivity index (χ2n) is 5.48. The van der Waals surface area contributed by atoms with Crippen LogP contribution in [0.5, 0.6) is 0 Å². The number of aromatic nitrogens is 3. The maximum absolute atomic E-state index is 12.6. The quantitative estimate of drug-likeness (QED) is 0.657. The molecule has 0 saturated heterocycles. The molecule has 0 radical (unpaired) electrons. The van der Waals surface area contributed by atoms with Gasteiger partial charge in [0.15, 0.2) is 6.10 Å². The van der Waals surface area contributed by atoms with Gasteiger partial charge in [0, 0.05) is 24.2 Å². The zero-order chi connectivity index (χ0) is 18.5. The fourth-order valence-corrected chi connectivity index (χ4v) is 2.39. The number of hydrogen-bond donors (Lipinski definition) is 0. The molecular formula is C19H17N3O4. The van der Waals surface area contributed by atoms with Crippen molar-refractivity contribution in [3.63, 3.8) is 0 Å². The second-order valence-corrected chi connectivity index (χ2v) is 5.48. The molecule has 132 valence electrons. The second kappa shape index (κ2) is 7.60. The van der Waals surface area contributed by atoms with Gasteiger partial charge in [0.2, 0.25) is 0 Å². The normalized spacial score (nSPS) is 11.6. The van der Waals surface area contributed by atoms with Gasteiger partial charge in [-0.15, -0.1) is 0 Å². The number of hydrogen-bond acceptors (Lipinski definition) is 6. The van der Waals surface area contributed by atoms with E-state index in [2.05, 4.69) is 14.8 Å². The van der Waals surface area contributed by atoms with Crippen LogP contribution >= 0.6 is 0 Å². The van der Waals surface area contributed by atoms with Crippen molar-refractivity contribution in [1.29, 1.82) is 0 Å². The lowest BCUT2D eigenvalue weighted by molar-refractivity contribution is -0.149. The summed E-state index contributed by atoms with van der Waals surface area (Å²) in [5.74, 6) is -1.29. The molecule has 0 saturated carbocycles. The number of esters is 2. The summed E-state index contributed by atoms with van der Waals surface area (Å²) in [6.45, 7) is 1.45. The van der Waals surface area contributed by atoms with Gasteiger partial charge in [-0.05, 0) is 31.2 Å². The molecule has 0 bridgehead atoms. The van der Waals surface area contributed by atoms with E-state index in [1.54, 1.807) is 35.4 Å². The van der Waals surface area contributed by atoms with Crippen LogP contribution in [-0.4, -0.2) is 39.9 Å². The number of rotatable bonds is 5. The highest BCUT2D eigenvalue weighted by molar-refractivity contribution is 5.97.